The van der Waals surface area contributed by atoms with Gasteiger partial charge in [-0.1, -0.05) is 25.3 Å². The third kappa shape index (κ3) is 4.74. The van der Waals surface area contributed by atoms with Crippen LogP contribution in [0.4, 0.5) is 0 Å². The fourth-order valence-electron chi connectivity index (χ4n) is 8.90. The largest absolute Gasteiger partial charge is 0.497 e. The molecule has 4 heterocycles. The van der Waals surface area contributed by atoms with Crippen molar-refractivity contribution >= 4 is 32.9 Å². The summed E-state index contributed by atoms with van der Waals surface area (Å²) in [6.45, 7) is 2.31. The zero-order valence-electron chi connectivity index (χ0n) is 27.5. The quantitative estimate of drug-likeness (QED) is 0.427. The molecule has 5 aliphatic rings. The minimum absolute atomic E-state index is 0.0162. The van der Waals surface area contributed by atoms with Crippen molar-refractivity contribution in [1.82, 2.24) is 23.4 Å². The number of carbonyl (C=O) groups is 2. The predicted molar refractivity (Wildman–Crippen MR) is 177 cm³/mol. The zero-order valence-corrected chi connectivity index (χ0v) is 28.3. The average Bonchev–Trinajstić information content (AvgIpc) is 3.69. The molecule has 2 aliphatic carbocycles. The van der Waals surface area contributed by atoms with Crippen LogP contribution in [0, 0.1) is 5.41 Å². The van der Waals surface area contributed by atoms with Gasteiger partial charge in [-0.3, -0.25) is 14.5 Å². The minimum atomic E-state index is -3.97. The van der Waals surface area contributed by atoms with Crippen LogP contribution in [-0.4, -0.2) is 99.1 Å². The Morgan fingerprint density at radius 1 is 1.06 bits per heavy atom. The van der Waals surface area contributed by atoms with E-state index >= 15 is 0 Å². The van der Waals surface area contributed by atoms with Crippen molar-refractivity contribution in [2.24, 2.45) is 5.41 Å². The van der Waals surface area contributed by atoms with Gasteiger partial charge in [-0.2, -0.15) is 12.7 Å². The normalized spacial score (nSPS) is 27.3. The highest BCUT2D eigenvalue weighted by atomic mass is 32.2. The van der Waals surface area contributed by atoms with Crippen molar-refractivity contribution < 1.29 is 27.5 Å². The van der Waals surface area contributed by atoms with E-state index in [1.807, 2.05) is 18.2 Å². The van der Waals surface area contributed by atoms with Crippen molar-refractivity contribution in [2.45, 2.75) is 69.1 Å². The van der Waals surface area contributed by atoms with Crippen LogP contribution in [0.3, 0.4) is 0 Å². The number of nitrogens with one attached hydrogen (secondary N) is 1. The number of nitrogens with zero attached hydrogens (tertiary/aromatic N) is 4. The van der Waals surface area contributed by atoms with E-state index in [2.05, 4.69) is 38.3 Å². The van der Waals surface area contributed by atoms with Gasteiger partial charge < -0.3 is 18.9 Å². The first kappa shape index (κ1) is 30.9. The summed E-state index contributed by atoms with van der Waals surface area (Å²) in [7, 11) is 2.54. The van der Waals surface area contributed by atoms with Crippen molar-refractivity contribution in [3.63, 3.8) is 0 Å². The van der Waals surface area contributed by atoms with Gasteiger partial charge in [0.05, 0.1) is 37.5 Å². The summed E-state index contributed by atoms with van der Waals surface area (Å²) >= 11 is 0. The second-order valence-electron chi connectivity index (χ2n) is 14.3. The lowest BCUT2D eigenvalue weighted by molar-refractivity contribution is -0.150. The third-order valence-electron chi connectivity index (χ3n) is 11.4. The number of hydrogen-bond acceptors (Lipinski definition) is 7. The topological polar surface area (TPSA) is 113 Å². The summed E-state index contributed by atoms with van der Waals surface area (Å²) in [4.78, 5) is 32.6. The van der Waals surface area contributed by atoms with E-state index in [1.165, 1.54) is 26.1 Å². The van der Waals surface area contributed by atoms with E-state index in [1.54, 1.807) is 13.2 Å². The number of rotatable bonds is 6. The van der Waals surface area contributed by atoms with Gasteiger partial charge >= 0.3 is 10.2 Å². The Kier molecular flexibility index (Phi) is 7.25. The Morgan fingerprint density at radius 2 is 1.85 bits per heavy atom. The molecule has 2 amide bonds. The number of aromatic nitrogens is 1. The molecule has 4 fully saturated rings. The number of methoxy groups -OCH3 is 1. The first-order chi connectivity index (χ1) is 22.5. The summed E-state index contributed by atoms with van der Waals surface area (Å²) < 4.78 is 42.2. The molecule has 47 heavy (non-hydrogen) atoms. The van der Waals surface area contributed by atoms with E-state index in [9.17, 15) is 18.0 Å². The van der Waals surface area contributed by atoms with E-state index in [0.717, 1.165) is 76.4 Å². The molecule has 1 N–H and O–H groups in total. The highest BCUT2D eigenvalue weighted by Gasteiger charge is 2.66. The van der Waals surface area contributed by atoms with Gasteiger partial charge in [-0.05, 0) is 73.7 Å². The first-order valence-electron chi connectivity index (χ1n) is 16.7. The minimum Gasteiger partial charge on any atom is -0.497 e. The summed E-state index contributed by atoms with van der Waals surface area (Å²) in [6.07, 6.45) is 6.35. The smallest absolute Gasteiger partial charge is 0.303 e. The second kappa shape index (κ2) is 11.0. The molecule has 4 atom stereocenters. The zero-order chi connectivity index (χ0) is 32.8. The van der Waals surface area contributed by atoms with Gasteiger partial charge in [-0.25, -0.2) is 4.72 Å². The Morgan fingerprint density at radius 3 is 2.57 bits per heavy atom. The van der Waals surface area contributed by atoms with Crippen molar-refractivity contribution in [2.75, 3.05) is 48.0 Å². The van der Waals surface area contributed by atoms with E-state index in [-0.39, 0.29) is 29.6 Å². The summed E-state index contributed by atoms with van der Waals surface area (Å²) in [5, 5.41) is 1.06. The van der Waals surface area contributed by atoms with Gasteiger partial charge in [0.1, 0.15) is 11.9 Å². The van der Waals surface area contributed by atoms with Gasteiger partial charge in [0.2, 0.25) is 5.91 Å². The molecule has 2 bridgehead atoms. The van der Waals surface area contributed by atoms with Crippen molar-refractivity contribution in [3.05, 3.63) is 53.1 Å². The maximum atomic E-state index is 15.0. The van der Waals surface area contributed by atoms with Gasteiger partial charge in [0.25, 0.3) is 5.91 Å². The number of fused-ring (bicyclic) bond motifs is 9. The van der Waals surface area contributed by atoms with Crippen LogP contribution >= 0.6 is 0 Å². The molecule has 4 unspecified atom stereocenters. The van der Waals surface area contributed by atoms with Gasteiger partial charge in [0, 0.05) is 55.1 Å². The maximum absolute atomic E-state index is 15.0. The number of morpholine rings is 1. The number of likely N-dealkylation sites (N-methyl/N-ethyl adjacent to an activating group) is 1. The van der Waals surface area contributed by atoms with Crippen molar-refractivity contribution in [1.29, 1.82) is 0 Å². The third-order valence-corrected chi connectivity index (χ3v) is 12.9. The maximum Gasteiger partial charge on any atom is 0.303 e. The van der Waals surface area contributed by atoms with Crippen LogP contribution in [0.2, 0.25) is 0 Å². The molecule has 2 aromatic carbocycles. The highest BCUT2D eigenvalue weighted by Crippen LogP contribution is 2.66. The SMILES string of the molecule is COc1ccc2c(c1)C1CC1(C(=O)N1C3COCC1N(C)C3)Cn1c-2c(C2CCCCC2)c2ccc(C(=O)NS(=O)(=O)N(C)C)cc21. The molecule has 3 aromatic rings. The number of carbonyl (C=O) groups excluding carboxylic acids is 2. The van der Waals surface area contributed by atoms with E-state index < -0.39 is 21.5 Å². The summed E-state index contributed by atoms with van der Waals surface area (Å²) in [5.41, 5.74) is 5.10. The number of ether oxygens (including phenoxy) is 2. The molecule has 2 saturated carbocycles. The van der Waals surface area contributed by atoms with Crippen molar-refractivity contribution in [3.8, 4) is 17.0 Å². The van der Waals surface area contributed by atoms with Gasteiger partial charge in [0.15, 0.2) is 0 Å². The van der Waals surface area contributed by atoms with Crippen LogP contribution in [-0.2, 0) is 26.3 Å². The molecule has 1 aromatic heterocycles. The van der Waals surface area contributed by atoms with Crippen LogP contribution < -0.4 is 9.46 Å². The Balaban J connectivity index is 1.33. The monoisotopic (exact) mass is 661 g/mol. The van der Waals surface area contributed by atoms with Crippen LogP contribution in [0.25, 0.3) is 22.2 Å². The first-order valence-corrected chi connectivity index (χ1v) is 18.2. The number of amides is 2. The molecule has 8 rings (SSSR count). The molecule has 250 valence electrons. The van der Waals surface area contributed by atoms with Crippen LogP contribution in [0.15, 0.2) is 36.4 Å². The molecule has 12 heteroatoms. The number of benzene rings is 2. The fourth-order valence-corrected chi connectivity index (χ4v) is 9.43. The van der Waals surface area contributed by atoms with E-state index in [0.29, 0.717) is 25.7 Å². The second-order valence-corrected chi connectivity index (χ2v) is 16.2. The summed E-state index contributed by atoms with van der Waals surface area (Å²) in [5.74, 6) is 0.624. The molecule has 0 radical (unpaired) electrons. The standard InChI is InChI=1S/C35H43N5O6S/c1-37(2)47(43,44)36-33(41)22-10-12-26-29(14-22)39-20-35(34(42)40-23-17-38(3)30(40)19-46-18-23)16-28(35)27-15-24(45-4)11-13-25(27)32(39)31(26)21-8-6-5-7-9-21/h10-15,21,23,28,30H,5-9,16-20H2,1-4H3,(H,36,41). The van der Waals surface area contributed by atoms with Crippen LogP contribution in [0.1, 0.15) is 71.8 Å². The fraction of sp³-hybridized carbons (Fsp3) is 0.543. The Labute approximate surface area is 275 Å². The van der Waals surface area contributed by atoms with E-state index in [4.69, 9.17) is 9.47 Å². The highest BCUT2D eigenvalue weighted by molar-refractivity contribution is 7.87. The molecule has 3 aliphatic heterocycles. The lowest BCUT2D eigenvalue weighted by atomic mass is 9.81. The molecular weight excluding hydrogens is 618 g/mol. The average molecular weight is 662 g/mol. The Bertz CT molecular complexity index is 1900. The Hall–Kier alpha value is -3.45. The lowest BCUT2D eigenvalue weighted by Gasteiger charge is -2.37. The molecule has 0 spiro atoms. The summed E-state index contributed by atoms with van der Waals surface area (Å²) in [6, 6.07) is 11.8. The lowest BCUT2D eigenvalue weighted by Crippen LogP contribution is -2.54. The van der Waals surface area contributed by atoms with Crippen LogP contribution in [0.5, 0.6) is 5.75 Å². The molecular formula is C35H43N5O6S. The van der Waals surface area contributed by atoms with Gasteiger partial charge in [-0.15, -0.1) is 0 Å². The molecule has 11 nitrogen and oxygen atoms in total. The predicted octanol–water partition coefficient (Wildman–Crippen LogP) is 3.89. The molecule has 2 saturated heterocycles. The number of hydrogen-bond donors (Lipinski definition) is 1.